The summed E-state index contributed by atoms with van der Waals surface area (Å²) in [7, 11) is 0. The van der Waals surface area contributed by atoms with Crippen LogP contribution in [0.1, 0.15) is 38.2 Å². The van der Waals surface area contributed by atoms with Crippen LogP contribution < -0.4 is 15.4 Å². The molecule has 5 nitrogen and oxygen atoms in total. The molecule has 1 aromatic rings. The zero-order chi connectivity index (χ0) is 15.9. The molecule has 5 heteroatoms. The molecular weight excluding hydrogens is 288 g/mol. The number of aliphatic imine (C=N–C) groups is 1. The summed E-state index contributed by atoms with van der Waals surface area (Å²) in [5.41, 5.74) is 1.12. The normalized spacial score (nSPS) is 18.2. The Bertz CT molecular complexity index is 558. The standard InChI is InChI=1S/C18H26N4O/c1-2-19-18(22-16-5-3-4-6-16)21-12-15-9-10-20-17(11-15)23-13-14-7-8-14/h3-4,9-11,14,16H,2,5-8,12-13H2,1H3,(H2,19,21,22). The SMILES string of the molecule is CCNC(=NCc1ccnc(OCC2CC2)c1)NC1CC=CC1. The van der Waals surface area contributed by atoms with E-state index in [0.717, 1.165) is 43.4 Å². The molecule has 0 aromatic carbocycles. The van der Waals surface area contributed by atoms with Gasteiger partial charge in [0.15, 0.2) is 5.96 Å². The number of aromatic nitrogens is 1. The van der Waals surface area contributed by atoms with Crippen LogP contribution in [0, 0.1) is 5.92 Å². The minimum Gasteiger partial charge on any atom is -0.477 e. The van der Waals surface area contributed by atoms with E-state index < -0.39 is 0 Å². The van der Waals surface area contributed by atoms with Crippen molar-refractivity contribution in [2.45, 2.75) is 45.2 Å². The highest BCUT2D eigenvalue weighted by molar-refractivity contribution is 5.80. The van der Waals surface area contributed by atoms with Gasteiger partial charge < -0.3 is 15.4 Å². The molecular formula is C18H26N4O. The Labute approximate surface area is 138 Å². The lowest BCUT2D eigenvalue weighted by atomic mass is 10.2. The molecule has 2 N–H and O–H groups in total. The molecule has 1 saturated carbocycles. The first-order valence-electron chi connectivity index (χ1n) is 8.61. The molecule has 0 bridgehead atoms. The van der Waals surface area contributed by atoms with Gasteiger partial charge >= 0.3 is 0 Å². The molecule has 0 radical (unpaired) electrons. The Morgan fingerprint density at radius 2 is 2.17 bits per heavy atom. The Balaban J connectivity index is 1.55. The van der Waals surface area contributed by atoms with Gasteiger partial charge in [-0.05, 0) is 50.2 Å². The lowest BCUT2D eigenvalue weighted by Crippen LogP contribution is -2.42. The number of ether oxygens (including phenoxy) is 1. The van der Waals surface area contributed by atoms with Crippen molar-refractivity contribution < 1.29 is 4.74 Å². The predicted octanol–water partition coefficient (Wildman–Crippen LogP) is 2.64. The number of nitrogens with one attached hydrogen (secondary N) is 2. The average molecular weight is 314 g/mol. The highest BCUT2D eigenvalue weighted by Crippen LogP contribution is 2.29. The molecule has 1 aromatic heterocycles. The van der Waals surface area contributed by atoms with Gasteiger partial charge in [-0.15, -0.1) is 0 Å². The Morgan fingerprint density at radius 3 is 2.91 bits per heavy atom. The first kappa shape index (κ1) is 15.8. The van der Waals surface area contributed by atoms with Gasteiger partial charge in [0, 0.05) is 24.8 Å². The monoisotopic (exact) mass is 314 g/mol. The minimum absolute atomic E-state index is 0.461. The van der Waals surface area contributed by atoms with Crippen molar-refractivity contribution in [3.05, 3.63) is 36.0 Å². The topological polar surface area (TPSA) is 58.5 Å². The molecule has 0 amide bonds. The predicted molar refractivity (Wildman–Crippen MR) is 92.6 cm³/mol. The van der Waals surface area contributed by atoms with Gasteiger partial charge in [0.2, 0.25) is 5.88 Å². The molecule has 1 heterocycles. The fourth-order valence-electron chi connectivity index (χ4n) is 2.53. The van der Waals surface area contributed by atoms with E-state index in [4.69, 9.17) is 4.74 Å². The van der Waals surface area contributed by atoms with Crippen LogP contribution in [0.15, 0.2) is 35.5 Å². The van der Waals surface area contributed by atoms with Crippen LogP contribution in [0.5, 0.6) is 5.88 Å². The van der Waals surface area contributed by atoms with Crippen molar-refractivity contribution in [2.75, 3.05) is 13.2 Å². The smallest absolute Gasteiger partial charge is 0.213 e. The van der Waals surface area contributed by atoms with Crippen LogP contribution in [-0.2, 0) is 6.54 Å². The largest absolute Gasteiger partial charge is 0.477 e. The van der Waals surface area contributed by atoms with Crippen LogP contribution in [-0.4, -0.2) is 30.1 Å². The minimum atomic E-state index is 0.461. The van der Waals surface area contributed by atoms with Crippen LogP contribution in [0.4, 0.5) is 0 Å². The van der Waals surface area contributed by atoms with Gasteiger partial charge in [-0.2, -0.15) is 0 Å². The first-order chi connectivity index (χ1) is 11.3. The molecule has 3 rings (SSSR count). The van der Waals surface area contributed by atoms with Gasteiger partial charge in [0.25, 0.3) is 0 Å². The molecule has 0 spiro atoms. The maximum absolute atomic E-state index is 5.73. The fourth-order valence-corrected chi connectivity index (χ4v) is 2.53. The molecule has 0 saturated heterocycles. The number of hydrogen-bond donors (Lipinski definition) is 2. The van der Waals surface area contributed by atoms with E-state index in [-0.39, 0.29) is 0 Å². The third kappa shape index (κ3) is 5.27. The summed E-state index contributed by atoms with van der Waals surface area (Å²) >= 11 is 0. The van der Waals surface area contributed by atoms with E-state index in [1.54, 1.807) is 6.20 Å². The molecule has 0 atom stereocenters. The summed E-state index contributed by atoms with van der Waals surface area (Å²) in [6, 6.07) is 4.45. The number of pyridine rings is 1. The summed E-state index contributed by atoms with van der Waals surface area (Å²) in [6.07, 6.45) is 10.9. The van der Waals surface area contributed by atoms with Gasteiger partial charge in [-0.3, -0.25) is 0 Å². The van der Waals surface area contributed by atoms with E-state index in [1.165, 1.54) is 12.8 Å². The van der Waals surface area contributed by atoms with E-state index in [9.17, 15) is 0 Å². The van der Waals surface area contributed by atoms with E-state index in [0.29, 0.717) is 18.5 Å². The Hall–Kier alpha value is -2.04. The van der Waals surface area contributed by atoms with Crippen molar-refractivity contribution in [3.8, 4) is 5.88 Å². The number of hydrogen-bond acceptors (Lipinski definition) is 3. The highest BCUT2D eigenvalue weighted by Gasteiger charge is 2.22. The molecule has 2 aliphatic carbocycles. The van der Waals surface area contributed by atoms with Crippen LogP contribution in [0.2, 0.25) is 0 Å². The fraction of sp³-hybridized carbons (Fsp3) is 0.556. The Morgan fingerprint density at radius 1 is 1.35 bits per heavy atom. The maximum atomic E-state index is 5.73. The third-order valence-electron chi connectivity index (χ3n) is 4.08. The highest BCUT2D eigenvalue weighted by atomic mass is 16.5. The van der Waals surface area contributed by atoms with Gasteiger partial charge in [-0.25, -0.2) is 9.98 Å². The maximum Gasteiger partial charge on any atom is 0.213 e. The van der Waals surface area contributed by atoms with Gasteiger partial charge in [0.1, 0.15) is 0 Å². The number of guanidine groups is 1. The van der Waals surface area contributed by atoms with Crippen molar-refractivity contribution in [3.63, 3.8) is 0 Å². The van der Waals surface area contributed by atoms with Gasteiger partial charge in [0.05, 0.1) is 13.2 Å². The van der Waals surface area contributed by atoms with E-state index in [2.05, 4.69) is 39.7 Å². The van der Waals surface area contributed by atoms with E-state index in [1.807, 2.05) is 12.1 Å². The molecule has 1 fully saturated rings. The second-order valence-electron chi connectivity index (χ2n) is 6.24. The third-order valence-corrected chi connectivity index (χ3v) is 4.08. The molecule has 0 unspecified atom stereocenters. The second kappa shape index (κ2) is 7.99. The van der Waals surface area contributed by atoms with Crippen LogP contribution in [0.3, 0.4) is 0 Å². The molecule has 124 valence electrons. The molecule has 23 heavy (non-hydrogen) atoms. The van der Waals surface area contributed by atoms with Crippen LogP contribution >= 0.6 is 0 Å². The second-order valence-corrected chi connectivity index (χ2v) is 6.24. The van der Waals surface area contributed by atoms with Crippen LogP contribution in [0.25, 0.3) is 0 Å². The zero-order valence-corrected chi connectivity index (χ0v) is 13.8. The summed E-state index contributed by atoms with van der Waals surface area (Å²) in [4.78, 5) is 8.95. The van der Waals surface area contributed by atoms with Crippen molar-refractivity contribution in [2.24, 2.45) is 10.9 Å². The summed E-state index contributed by atoms with van der Waals surface area (Å²) in [5.74, 6) is 2.32. The zero-order valence-electron chi connectivity index (χ0n) is 13.8. The van der Waals surface area contributed by atoms with Gasteiger partial charge in [-0.1, -0.05) is 12.2 Å². The van der Waals surface area contributed by atoms with Crippen molar-refractivity contribution in [1.82, 2.24) is 15.6 Å². The summed E-state index contributed by atoms with van der Waals surface area (Å²) in [6.45, 7) is 4.36. The van der Waals surface area contributed by atoms with E-state index >= 15 is 0 Å². The quantitative estimate of drug-likeness (QED) is 0.461. The number of rotatable bonds is 7. The summed E-state index contributed by atoms with van der Waals surface area (Å²) < 4.78 is 5.73. The van der Waals surface area contributed by atoms with Crippen molar-refractivity contribution in [1.29, 1.82) is 0 Å². The lowest BCUT2D eigenvalue weighted by molar-refractivity contribution is 0.288. The molecule has 0 aliphatic heterocycles. The first-order valence-corrected chi connectivity index (χ1v) is 8.61. The van der Waals surface area contributed by atoms with Crippen molar-refractivity contribution >= 4 is 5.96 Å². The molecule has 2 aliphatic rings. The number of nitrogens with zero attached hydrogens (tertiary/aromatic N) is 2. The Kier molecular flexibility index (Phi) is 5.51. The summed E-state index contributed by atoms with van der Waals surface area (Å²) in [5, 5.41) is 6.79. The lowest BCUT2D eigenvalue weighted by Gasteiger charge is -2.16. The average Bonchev–Trinajstić information content (AvgIpc) is 3.26.